The highest BCUT2D eigenvalue weighted by Crippen LogP contribution is 2.25. The third-order valence-electron chi connectivity index (χ3n) is 4.01. The topological polar surface area (TPSA) is 29.9 Å². The minimum absolute atomic E-state index is 0.527. The van der Waals surface area contributed by atoms with E-state index in [9.17, 15) is 0 Å². The molecular formula is C17H18ClN3. The minimum Gasteiger partial charge on any atom is -0.378 e. The van der Waals surface area contributed by atoms with E-state index in [1.807, 2.05) is 19.1 Å². The van der Waals surface area contributed by atoms with Gasteiger partial charge in [0.25, 0.3) is 0 Å². The first-order chi connectivity index (χ1) is 10.1. The van der Waals surface area contributed by atoms with Gasteiger partial charge in [0.05, 0.1) is 17.9 Å². The molecule has 4 heteroatoms. The van der Waals surface area contributed by atoms with Crippen molar-refractivity contribution in [2.24, 2.45) is 7.05 Å². The molecule has 2 heterocycles. The largest absolute Gasteiger partial charge is 0.378 e. The molecule has 3 aromatic rings. The number of fused-ring (bicyclic) bond motifs is 1. The summed E-state index contributed by atoms with van der Waals surface area (Å²) < 4.78 is 2.25. The number of pyridine rings is 1. The SMILES string of the molecule is Cc1nc(Cl)ccc1NCc1c(C)c2ccccc2n1C. The van der Waals surface area contributed by atoms with Crippen LogP contribution in [0.5, 0.6) is 0 Å². The van der Waals surface area contributed by atoms with E-state index in [1.54, 1.807) is 0 Å². The summed E-state index contributed by atoms with van der Waals surface area (Å²) in [5.74, 6) is 0. The Balaban J connectivity index is 1.92. The fourth-order valence-electron chi connectivity index (χ4n) is 2.78. The molecule has 0 saturated heterocycles. The summed E-state index contributed by atoms with van der Waals surface area (Å²) in [5, 5.41) is 5.29. The van der Waals surface area contributed by atoms with Gasteiger partial charge in [-0.15, -0.1) is 0 Å². The maximum Gasteiger partial charge on any atom is 0.129 e. The Morgan fingerprint density at radius 2 is 1.90 bits per heavy atom. The van der Waals surface area contributed by atoms with Crippen LogP contribution in [0.25, 0.3) is 10.9 Å². The van der Waals surface area contributed by atoms with Gasteiger partial charge in [-0.25, -0.2) is 4.98 Å². The molecule has 0 aliphatic carbocycles. The lowest BCUT2D eigenvalue weighted by Crippen LogP contribution is -2.07. The Hall–Kier alpha value is -2.00. The average molecular weight is 300 g/mol. The minimum atomic E-state index is 0.527. The second-order valence-corrected chi connectivity index (χ2v) is 5.66. The third kappa shape index (κ3) is 2.49. The van der Waals surface area contributed by atoms with Gasteiger partial charge in [-0.3, -0.25) is 0 Å². The van der Waals surface area contributed by atoms with Crippen LogP contribution < -0.4 is 5.32 Å². The summed E-state index contributed by atoms with van der Waals surface area (Å²) in [7, 11) is 2.11. The quantitative estimate of drug-likeness (QED) is 0.724. The second kappa shape index (κ2) is 5.41. The van der Waals surface area contributed by atoms with Crippen LogP contribution in [0, 0.1) is 13.8 Å². The highest BCUT2D eigenvalue weighted by Gasteiger charge is 2.11. The number of aromatic nitrogens is 2. The Labute approximate surface area is 129 Å². The van der Waals surface area contributed by atoms with Gasteiger partial charge in [0, 0.05) is 23.6 Å². The van der Waals surface area contributed by atoms with Crippen molar-refractivity contribution in [1.82, 2.24) is 9.55 Å². The highest BCUT2D eigenvalue weighted by molar-refractivity contribution is 6.29. The Morgan fingerprint density at radius 3 is 2.62 bits per heavy atom. The first-order valence-electron chi connectivity index (χ1n) is 6.98. The van der Waals surface area contributed by atoms with Gasteiger partial charge in [0.15, 0.2) is 0 Å². The molecular weight excluding hydrogens is 282 g/mol. The van der Waals surface area contributed by atoms with Crippen molar-refractivity contribution in [3.8, 4) is 0 Å². The smallest absolute Gasteiger partial charge is 0.129 e. The number of nitrogens with zero attached hydrogens (tertiary/aromatic N) is 2. The van der Waals surface area contributed by atoms with E-state index >= 15 is 0 Å². The number of rotatable bonds is 3. The molecule has 0 amide bonds. The molecule has 3 nitrogen and oxygen atoms in total. The van der Waals surface area contributed by atoms with Crippen molar-refractivity contribution in [2.75, 3.05) is 5.32 Å². The van der Waals surface area contributed by atoms with E-state index in [2.05, 4.69) is 53.1 Å². The summed E-state index contributed by atoms with van der Waals surface area (Å²) in [4.78, 5) is 4.27. The van der Waals surface area contributed by atoms with Crippen LogP contribution in [0.3, 0.4) is 0 Å². The lowest BCUT2D eigenvalue weighted by atomic mass is 10.1. The van der Waals surface area contributed by atoms with Crippen molar-refractivity contribution in [2.45, 2.75) is 20.4 Å². The van der Waals surface area contributed by atoms with Crippen LogP contribution in [0.2, 0.25) is 5.15 Å². The fourth-order valence-corrected chi connectivity index (χ4v) is 2.97. The highest BCUT2D eigenvalue weighted by atomic mass is 35.5. The number of benzene rings is 1. The van der Waals surface area contributed by atoms with E-state index in [-0.39, 0.29) is 0 Å². The number of halogens is 1. The number of nitrogens with one attached hydrogen (secondary N) is 1. The molecule has 3 rings (SSSR count). The first kappa shape index (κ1) is 14.0. The number of aryl methyl sites for hydroxylation is 3. The predicted octanol–water partition coefficient (Wildman–Crippen LogP) is 4.46. The molecule has 0 unspecified atom stereocenters. The van der Waals surface area contributed by atoms with Crippen molar-refractivity contribution in [3.05, 3.63) is 58.5 Å². The summed E-state index contributed by atoms with van der Waals surface area (Å²) in [5.41, 5.74) is 5.80. The Morgan fingerprint density at radius 1 is 1.14 bits per heavy atom. The summed E-state index contributed by atoms with van der Waals surface area (Å²) in [6, 6.07) is 12.3. The maximum atomic E-state index is 5.89. The third-order valence-corrected chi connectivity index (χ3v) is 4.22. The van der Waals surface area contributed by atoms with Gasteiger partial charge < -0.3 is 9.88 Å². The van der Waals surface area contributed by atoms with Crippen LogP contribution in [0.1, 0.15) is 17.0 Å². The van der Waals surface area contributed by atoms with Gasteiger partial charge in [-0.05, 0) is 37.6 Å². The summed E-state index contributed by atoms with van der Waals surface area (Å²) in [6.07, 6.45) is 0. The van der Waals surface area contributed by atoms with Crippen molar-refractivity contribution >= 4 is 28.2 Å². The first-order valence-corrected chi connectivity index (χ1v) is 7.35. The number of hydrogen-bond donors (Lipinski definition) is 1. The lowest BCUT2D eigenvalue weighted by Gasteiger charge is -2.11. The summed E-state index contributed by atoms with van der Waals surface area (Å²) in [6.45, 7) is 4.90. The number of hydrogen-bond acceptors (Lipinski definition) is 2. The Bertz CT molecular complexity index is 766. The molecule has 21 heavy (non-hydrogen) atoms. The Kier molecular flexibility index (Phi) is 3.60. The molecule has 0 saturated carbocycles. The van der Waals surface area contributed by atoms with Gasteiger partial charge in [0.1, 0.15) is 5.15 Å². The monoisotopic (exact) mass is 299 g/mol. The van der Waals surface area contributed by atoms with Crippen LogP contribution in [-0.2, 0) is 13.6 Å². The fraction of sp³-hybridized carbons (Fsp3) is 0.235. The number of para-hydroxylation sites is 1. The number of anilines is 1. The van der Waals surface area contributed by atoms with Crippen molar-refractivity contribution in [1.29, 1.82) is 0 Å². The molecule has 108 valence electrons. The second-order valence-electron chi connectivity index (χ2n) is 5.27. The van der Waals surface area contributed by atoms with E-state index in [1.165, 1.54) is 22.2 Å². The average Bonchev–Trinajstić information content (AvgIpc) is 2.71. The lowest BCUT2D eigenvalue weighted by molar-refractivity contribution is 0.861. The molecule has 1 aromatic carbocycles. The molecule has 0 radical (unpaired) electrons. The van der Waals surface area contributed by atoms with Gasteiger partial charge in [-0.2, -0.15) is 0 Å². The zero-order valence-corrected chi connectivity index (χ0v) is 13.2. The van der Waals surface area contributed by atoms with Crippen LogP contribution in [0.15, 0.2) is 36.4 Å². The molecule has 2 aromatic heterocycles. The van der Waals surface area contributed by atoms with Crippen molar-refractivity contribution < 1.29 is 0 Å². The zero-order valence-electron chi connectivity index (χ0n) is 12.4. The molecule has 0 spiro atoms. The molecule has 0 aliphatic heterocycles. The normalized spacial score (nSPS) is 11.0. The standard InChI is InChI=1S/C17H18ClN3/c1-11-13-6-4-5-7-15(13)21(3)16(11)10-19-14-8-9-17(18)20-12(14)2/h4-9,19H,10H2,1-3H3. The molecule has 1 N–H and O–H groups in total. The van der Waals surface area contributed by atoms with E-state index in [4.69, 9.17) is 11.6 Å². The van der Waals surface area contributed by atoms with E-state index < -0.39 is 0 Å². The van der Waals surface area contributed by atoms with Crippen LogP contribution in [-0.4, -0.2) is 9.55 Å². The van der Waals surface area contributed by atoms with Crippen LogP contribution >= 0.6 is 11.6 Å². The maximum absolute atomic E-state index is 5.89. The van der Waals surface area contributed by atoms with Crippen molar-refractivity contribution in [3.63, 3.8) is 0 Å². The van der Waals surface area contributed by atoms with E-state index in [0.29, 0.717) is 5.15 Å². The van der Waals surface area contributed by atoms with Gasteiger partial charge >= 0.3 is 0 Å². The van der Waals surface area contributed by atoms with Gasteiger partial charge in [0.2, 0.25) is 0 Å². The molecule has 0 fully saturated rings. The van der Waals surface area contributed by atoms with Crippen LogP contribution in [0.4, 0.5) is 5.69 Å². The molecule has 0 bridgehead atoms. The van der Waals surface area contributed by atoms with Gasteiger partial charge in [-0.1, -0.05) is 29.8 Å². The zero-order chi connectivity index (χ0) is 15.0. The predicted molar refractivity (Wildman–Crippen MR) is 89.0 cm³/mol. The molecule has 0 atom stereocenters. The van der Waals surface area contributed by atoms with E-state index in [0.717, 1.165) is 17.9 Å². The summed E-state index contributed by atoms with van der Waals surface area (Å²) >= 11 is 5.89. The molecule has 0 aliphatic rings.